The largest absolute Gasteiger partial charge is 0.347 e. The fraction of sp³-hybridized carbons (Fsp3) is 0.0556. The Morgan fingerprint density at radius 3 is 2.56 bits per heavy atom. The topological polar surface area (TPSA) is 104 Å². The smallest absolute Gasteiger partial charge is 0.272 e. The zero-order chi connectivity index (χ0) is 17.5. The average Bonchev–Trinajstić information content (AvgIpc) is 2.68. The van der Waals surface area contributed by atoms with Crippen LogP contribution in [0.2, 0.25) is 0 Å². The van der Waals surface area contributed by atoms with E-state index in [1.165, 1.54) is 0 Å². The Balaban J connectivity index is 1.64. The molecule has 0 unspecified atom stereocenters. The number of hydrogen-bond acceptors (Lipinski definition) is 6. The van der Waals surface area contributed by atoms with Crippen LogP contribution in [0.15, 0.2) is 60.9 Å². The molecule has 25 heavy (non-hydrogen) atoms. The Bertz CT molecular complexity index is 903. The van der Waals surface area contributed by atoms with E-state index in [-0.39, 0.29) is 11.6 Å². The van der Waals surface area contributed by atoms with Crippen molar-refractivity contribution in [3.8, 4) is 6.07 Å². The zero-order valence-corrected chi connectivity index (χ0v) is 13.2. The minimum Gasteiger partial charge on any atom is -0.347 e. The summed E-state index contributed by atoms with van der Waals surface area (Å²) < 4.78 is 0. The number of pyridine rings is 1. The molecule has 0 fully saturated rings. The second kappa shape index (κ2) is 7.66. The molecule has 0 bridgehead atoms. The van der Waals surface area contributed by atoms with E-state index in [9.17, 15) is 4.79 Å². The fourth-order valence-electron chi connectivity index (χ4n) is 2.12. The van der Waals surface area contributed by atoms with E-state index in [2.05, 4.69) is 31.9 Å². The summed E-state index contributed by atoms with van der Waals surface area (Å²) >= 11 is 0. The first kappa shape index (κ1) is 16.1. The molecule has 7 nitrogen and oxygen atoms in total. The van der Waals surface area contributed by atoms with Gasteiger partial charge < -0.3 is 10.6 Å². The van der Waals surface area contributed by atoms with Crippen molar-refractivity contribution in [3.05, 3.63) is 77.7 Å². The van der Waals surface area contributed by atoms with Gasteiger partial charge in [0.2, 0.25) is 0 Å². The van der Waals surface area contributed by atoms with E-state index in [1.54, 1.807) is 42.7 Å². The SMILES string of the molecule is N#Cc1ccccc1Nc1ccc(C(=O)NCc2ccncc2)nn1. The second-order valence-corrected chi connectivity index (χ2v) is 5.12. The lowest BCUT2D eigenvalue weighted by Gasteiger charge is -2.07. The minimum atomic E-state index is -0.312. The van der Waals surface area contributed by atoms with Gasteiger partial charge in [-0.15, -0.1) is 10.2 Å². The van der Waals surface area contributed by atoms with Gasteiger partial charge in [0.25, 0.3) is 5.91 Å². The normalized spacial score (nSPS) is 9.88. The molecule has 3 aromatic rings. The van der Waals surface area contributed by atoms with E-state index in [0.717, 1.165) is 5.56 Å². The van der Waals surface area contributed by atoms with Gasteiger partial charge in [0.1, 0.15) is 6.07 Å². The van der Waals surface area contributed by atoms with Gasteiger partial charge in [0, 0.05) is 18.9 Å². The Kier molecular flexibility index (Phi) is 4.93. The quantitative estimate of drug-likeness (QED) is 0.744. The molecule has 2 aromatic heterocycles. The number of benzene rings is 1. The summed E-state index contributed by atoms with van der Waals surface area (Å²) in [5.41, 5.74) is 2.30. The number of nitrogens with one attached hydrogen (secondary N) is 2. The maximum absolute atomic E-state index is 12.1. The molecule has 122 valence electrons. The number of anilines is 2. The summed E-state index contributed by atoms with van der Waals surface area (Å²) in [5, 5.41) is 22.8. The molecule has 3 rings (SSSR count). The number of carbonyl (C=O) groups is 1. The molecule has 0 atom stereocenters. The number of nitrogens with zero attached hydrogens (tertiary/aromatic N) is 4. The van der Waals surface area contributed by atoms with Gasteiger partial charge >= 0.3 is 0 Å². The molecule has 0 aliphatic carbocycles. The number of para-hydroxylation sites is 1. The molecular weight excluding hydrogens is 316 g/mol. The molecule has 0 saturated heterocycles. The van der Waals surface area contributed by atoms with Crippen LogP contribution in [0.5, 0.6) is 0 Å². The second-order valence-electron chi connectivity index (χ2n) is 5.12. The third-order valence-corrected chi connectivity index (χ3v) is 3.41. The molecule has 1 aromatic carbocycles. The molecule has 0 saturated carbocycles. The van der Waals surface area contributed by atoms with Crippen molar-refractivity contribution in [1.82, 2.24) is 20.5 Å². The fourth-order valence-corrected chi connectivity index (χ4v) is 2.12. The summed E-state index contributed by atoms with van der Waals surface area (Å²) in [6.45, 7) is 0.387. The van der Waals surface area contributed by atoms with Crippen LogP contribution >= 0.6 is 0 Å². The first-order valence-electron chi connectivity index (χ1n) is 7.53. The van der Waals surface area contributed by atoms with Crippen LogP contribution in [0.25, 0.3) is 0 Å². The van der Waals surface area contributed by atoms with Crippen molar-refractivity contribution in [2.75, 3.05) is 5.32 Å². The maximum Gasteiger partial charge on any atom is 0.272 e. The van der Waals surface area contributed by atoms with Crippen molar-refractivity contribution in [2.24, 2.45) is 0 Å². The van der Waals surface area contributed by atoms with E-state index in [1.807, 2.05) is 18.2 Å². The van der Waals surface area contributed by atoms with E-state index in [4.69, 9.17) is 5.26 Å². The zero-order valence-electron chi connectivity index (χ0n) is 13.2. The monoisotopic (exact) mass is 330 g/mol. The summed E-state index contributed by atoms with van der Waals surface area (Å²) in [7, 11) is 0. The number of nitriles is 1. The summed E-state index contributed by atoms with van der Waals surface area (Å²) in [6, 6.07) is 16.0. The first-order valence-corrected chi connectivity index (χ1v) is 7.53. The maximum atomic E-state index is 12.1. The Labute approximate surface area is 144 Å². The molecule has 0 aliphatic heterocycles. The van der Waals surface area contributed by atoms with Gasteiger partial charge in [-0.2, -0.15) is 5.26 Å². The van der Waals surface area contributed by atoms with Crippen LogP contribution in [0.4, 0.5) is 11.5 Å². The van der Waals surface area contributed by atoms with Crippen LogP contribution in [-0.2, 0) is 6.54 Å². The number of hydrogen-bond donors (Lipinski definition) is 2. The molecule has 2 N–H and O–H groups in total. The van der Waals surface area contributed by atoms with E-state index < -0.39 is 0 Å². The standard InChI is InChI=1S/C18H14N6O/c19-11-14-3-1-2-4-15(14)22-17-6-5-16(23-24-17)18(25)21-12-13-7-9-20-10-8-13/h1-10H,12H2,(H,21,25)(H,22,24). The number of amides is 1. The van der Waals surface area contributed by atoms with Gasteiger partial charge in [-0.25, -0.2) is 0 Å². The van der Waals surface area contributed by atoms with E-state index >= 15 is 0 Å². The molecule has 7 heteroatoms. The lowest BCUT2D eigenvalue weighted by Crippen LogP contribution is -2.24. The van der Waals surface area contributed by atoms with Crippen LogP contribution in [0.1, 0.15) is 21.6 Å². The van der Waals surface area contributed by atoms with Crippen molar-refractivity contribution in [3.63, 3.8) is 0 Å². The summed E-state index contributed by atoms with van der Waals surface area (Å²) in [6.07, 6.45) is 3.33. The van der Waals surface area contributed by atoms with Crippen LogP contribution in [0.3, 0.4) is 0 Å². The Hall–Kier alpha value is -3.79. The summed E-state index contributed by atoms with van der Waals surface area (Å²) in [5.74, 6) is 0.140. The highest BCUT2D eigenvalue weighted by Crippen LogP contribution is 2.18. The molecule has 0 spiro atoms. The minimum absolute atomic E-state index is 0.216. The van der Waals surface area contributed by atoms with Gasteiger partial charge in [-0.05, 0) is 42.0 Å². The van der Waals surface area contributed by atoms with Crippen molar-refractivity contribution < 1.29 is 4.79 Å². The summed E-state index contributed by atoms with van der Waals surface area (Å²) in [4.78, 5) is 16.0. The van der Waals surface area contributed by atoms with Gasteiger partial charge in [-0.3, -0.25) is 9.78 Å². The highest BCUT2D eigenvalue weighted by Gasteiger charge is 2.09. The van der Waals surface area contributed by atoms with E-state index in [0.29, 0.717) is 23.6 Å². The first-order chi connectivity index (χ1) is 12.3. The number of rotatable bonds is 5. The molecule has 0 aliphatic rings. The van der Waals surface area contributed by atoms with Crippen LogP contribution in [-0.4, -0.2) is 21.1 Å². The van der Waals surface area contributed by atoms with Crippen molar-refractivity contribution >= 4 is 17.4 Å². The third-order valence-electron chi connectivity index (χ3n) is 3.41. The highest BCUT2D eigenvalue weighted by molar-refractivity contribution is 5.92. The molecule has 2 heterocycles. The molecular formula is C18H14N6O. The molecule has 0 radical (unpaired) electrons. The molecule has 1 amide bonds. The number of carbonyl (C=O) groups excluding carboxylic acids is 1. The average molecular weight is 330 g/mol. The predicted octanol–water partition coefficient (Wildman–Crippen LogP) is 2.42. The lowest BCUT2D eigenvalue weighted by atomic mass is 10.2. The van der Waals surface area contributed by atoms with Crippen molar-refractivity contribution in [1.29, 1.82) is 5.26 Å². The van der Waals surface area contributed by atoms with Crippen LogP contribution in [0, 0.1) is 11.3 Å². The van der Waals surface area contributed by atoms with Gasteiger partial charge in [-0.1, -0.05) is 12.1 Å². The number of aromatic nitrogens is 3. The predicted molar refractivity (Wildman–Crippen MR) is 91.9 cm³/mol. The van der Waals surface area contributed by atoms with Crippen LogP contribution < -0.4 is 10.6 Å². The van der Waals surface area contributed by atoms with Crippen molar-refractivity contribution in [2.45, 2.75) is 6.54 Å². The lowest BCUT2D eigenvalue weighted by molar-refractivity contribution is 0.0945. The van der Waals surface area contributed by atoms with Gasteiger partial charge in [0.05, 0.1) is 11.3 Å². The Morgan fingerprint density at radius 1 is 1.04 bits per heavy atom. The van der Waals surface area contributed by atoms with Gasteiger partial charge in [0.15, 0.2) is 11.5 Å². The highest BCUT2D eigenvalue weighted by atomic mass is 16.1. The Morgan fingerprint density at radius 2 is 1.84 bits per heavy atom. The third kappa shape index (κ3) is 4.14.